The number of hydrogen-bond donors (Lipinski definition) is 1. The fourth-order valence-electron chi connectivity index (χ4n) is 1.91. The average molecular weight is 286 g/mol. The van der Waals surface area contributed by atoms with Gasteiger partial charge in [0.15, 0.2) is 11.6 Å². The van der Waals surface area contributed by atoms with E-state index < -0.39 is 11.9 Å². The quantitative estimate of drug-likeness (QED) is 0.913. The molecular formula is C16H15FN2O2. The van der Waals surface area contributed by atoms with Crippen LogP contribution < -0.4 is 14.8 Å². The molecule has 0 aliphatic heterocycles. The molecule has 0 fully saturated rings. The van der Waals surface area contributed by atoms with E-state index in [-0.39, 0.29) is 5.75 Å². The highest BCUT2D eigenvalue weighted by molar-refractivity contribution is 5.50. The van der Waals surface area contributed by atoms with Crippen LogP contribution in [-0.4, -0.2) is 14.2 Å². The Labute approximate surface area is 122 Å². The largest absolute Gasteiger partial charge is 0.497 e. The van der Waals surface area contributed by atoms with Crippen LogP contribution in [0.25, 0.3) is 0 Å². The highest BCUT2D eigenvalue weighted by atomic mass is 19.1. The molecule has 2 aromatic carbocycles. The number of ether oxygens (including phenoxy) is 2. The number of halogens is 1. The van der Waals surface area contributed by atoms with Crippen molar-refractivity contribution < 1.29 is 13.9 Å². The second-order valence-electron chi connectivity index (χ2n) is 4.33. The van der Waals surface area contributed by atoms with Crippen LogP contribution in [0.15, 0.2) is 42.5 Å². The second-order valence-corrected chi connectivity index (χ2v) is 4.33. The van der Waals surface area contributed by atoms with Gasteiger partial charge in [0.05, 0.1) is 20.3 Å². The van der Waals surface area contributed by atoms with E-state index in [0.717, 1.165) is 11.4 Å². The van der Waals surface area contributed by atoms with E-state index in [4.69, 9.17) is 9.47 Å². The SMILES string of the molecule is COc1ccc(NC(C#N)c2ccc(OC)c(F)c2)cc1. The number of hydrogen-bond acceptors (Lipinski definition) is 4. The van der Waals surface area contributed by atoms with Crippen LogP contribution in [0.3, 0.4) is 0 Å². The van der Waals surface area contributed by atoms with Crippen LogP contribution in [0.4, 0.5) is 10.1 Å². The van der Waals surface area contributed by atoms with Crippen molar-refractivity contribution in [1.29, 1.82) is 5.26 Å². The summed E-state index contributed by atoms with van der Waals surface area (Å²) in [5.41, 5.74) is 1.28. The Morgan fingerprint density at radius 1 is 1.10 bits per heavy atom. The summed E-state index contributed by atoms with van der Waals surface area (Å²) in [6.45, 7) is 0. The standard InChI is InChI=1S/C16H15FN2O2/c1-20-13-6-4-12(5-7-13)19-15(10-18)11-3-8-16(21-2)14(17)9-11/h3-9,15,19H,1-2H3. The Balaban J connectivity index is 2.19. The number of methoxy groups -OCH3 is 2. The van der Waals surface area contributed by atoms with E-state index in [1.165, 1.54) is 19.2 Å². The fourth-order valence-corrected chi connectivity index (χ4v) is 1.91. The Morgan fingerprint density at radius 3 is 2.33 bits per heavy atom. The lowest BCUT2D eigenvalue weighted by Crippen LogP contribution is -2.09. The van der Waals surface area contributed by atoms with Gasteiger partial charge < -0.3 is 14.8 Å². The minimum Gasteiger partial charge on any atom is -0.497 e. The van der Waals surface area contributed by atoms with Crippen molar-refractivity contribution >= 4 is 5.69 Å². The van der Waals surface area contributed by atoms with Gasteiger partial charge in [-0.25, -0.2) is 4.39 Å². The van der Waals surface area contributed by atoms with Crippen LogP contribution >= 0.6 is 0 Å². The van der Waals surface area contributed by atoms with Crippen LogP contribution in [0, 0.1) is 17.1 Å². The molecular weight excluding hydrogens is 271 g/mol. The molecule has 0 aliphatic carbocycles. The van der Waals surface area contributed by atoms with Gasteiger partial charge >= 0.3 is 0 Å². The molecule has 0 saturated heterocycles. The number of nitrogens with one attached hydrogen (secondary N) is 1. The van der Waals surface area contributed by atoms with E-state index in [2.05, 4.69) is 11.4 Å². The van der Waals surface area contributed by atoms with E-state index >= 15 is 0 Å². The molecule has 2 rings (SSSR count). The highest BCUT2D eigenvalue weighted by Gasteiger charge is 2.13. The second kappa shape index (κ2) is 6.62. The fraction of sp³-hybridized carbons (Fsp3) is 0.188. The van der Waals surface area contributed by atoms with E-state index in [1.54, 1.807) is 37.4 Å². The molecule has 0 amide bonds. The van der Waals surface area contributed by atoms with Crippen molar-refractivity contribution in [3.8, 4) is 17.6 Å². The Hall–Kier alpha value is -2.74. The van der Waals surface area contributed by atoms with Crippen molar-refractivity contribution in [2.75, 3.05) is 19.5 Å². The molecule has 0 radical (unpaired) electrons. The summed E-state index contributed by atoms with van der Waals surface area (Å²) in [6.07, 6.45) is 0. The Morgan fingerprint density at radius 2 is 1.81 bits per heavy atom. The maximum absolute atomic E-state index is 13.7. The molecule has 0 saturated carbocycles. The molecule has 0 aromatic heterocycles. The van der Waals surface area contributed by atoms with Crippen molar-refractivity contribution in [2.24, 2.45) is 0 Å². The van der Waals surface area contributed by atoms with Crippen LogP contribution in [0.1, 0.15) is 11.6 Å². The summed E-state index contributed by atoms with van der Waals surface area (Å²) in [6, 6.07) is 13.1. The molecule has 1 atom stereocenters. The summed E-state index contributed by atoms with van der Waals surface area (Å²) >= 11 is 0. The Kier molecular flexibility index (Phi) is 4.62. The lowest BCUT2D eigenvalue weighted by atomic mass is 10.1. The number of benzene rings is 2. The minimum absolute atomic E-state index is 0.153. The highest BCUT2D eigenvalue weighted by Crippen LogP contribution is 2.25. The summed E-state index contributed by atoms with van der Waals surface area (Å²) in [7, 11) is 2.98. The smallest absolute Gasteiger partial charge is 0.165 e. The molecule has 0 spiro atoms. The number of nitriles is 1. The lowest BCUT2D eigenvalue weighted by Gasteiger charge is -2.14. The molecule has 1 N–H and O–H groups in total. The normalized spacial score (nSPS) is 11.3. The number of nitrogens with zero attached hydrogens (tertiary/aromatic N) is 1. The minimum atomic E-state index is -0.654. The zero-order valence-electron chi connectivity index (χ0n) is 11.8. The monoisotopic (exact) mass is 286 g/mol. The third kappa shape index (κ3) is 3.42. The van der Waals surface area contributed by atoms with Crippen LogP contribution in [0.5, 0.6) is 11.5 Å². The maximum Gasteiger partial charge on any atom is 0.165 e. The van der Waals surface area contributed by atoms with Crippen molar-refractivity contribution in [2.45, 2.75) is 6.04 Å². The van der Waals surface area contributed by atoms with Crippen molar-refractivity contribution in [3.63, 3.8) is 0 Å². The van der Waals surface area contributed by atoms with E-state index in [1.807, 2.05) is 0 Å². The Bertz CT molecular complexity index is 650. The molecule has 4 nitrogen and oxygen atoms in total. The van der Waals surface area contributed by atoms with Gasteiger partial charge in [-0.3, -0.25) is 0 Å². The first kappa shape index (κ1) is 14.7. The van der Waals surface area contributed by atoms with Crippen molar-refractivity contribution in [1.82, 2.24) is 0 Å². The molecule has 0 heterocycles. The molecule has 108 valence electrons. The molecule has 2 aromatic rings. The average Bonchev–Trinajstić information content (AvgIpc) is 2.53. The van der Waals surface area contributed by atoms with Crippen LogP contribution in [-0.2, 0) is 0 Å². The molecule has 5 heteroatoms. The van der Waals surface area contributed by atoms with Crippen molar-refractivity contribution in [3.05, 3.63) is 53.8 Å². The summed E-state index contributed by atoms with van der Waals surface area (Å²) < 4.78 is 23.6. The van der Waals surface area contributed by atoms with Gasteiger partial charge in [-0.05, 0) is 42.0 Å². The molecule has 0 aliphatic rings. The molecule has 1 unspecified atom stereocenters. The first-order valence-corrected chi connectivity index (χ1v) is 6.31. The van der Waals surface area contributed by atoms with Gasteiger partial charge in [-0.2, -0.15) is 5.26 Å². The molecule has 0 bridgehead atoms. The summed E-state index contributed by atoms with van der Waals surface area (Å²) in [5, 5.41) is 12.3. The van der Waals surface area contributed by atoms with E-state index in [0.29, 0.717) is 5.56 Å². The zero-order valence-corrected chi connectivity index (χ0v) is 11.8. The number of anilines is 1. The predicted octanol–water partition coefficient (Wildman–Crippen LogP) is 3.52. The van der Waals surface area contributed by atoms with Gasteiger partial charge in [-0.15, -0.1) is 0 Å². The van der Waals surface area contributed by atoms with Gasteiger partial charge in [0.25, 0.3) is 0 Å². The number of rotatable bonds is 5. The predicted molar refractivity (Wildman–Crippen MR) is 77.9 cm³/mol. The molecule has 21 heavy (non-hydrogen) atoms. The lowest BCUT2D eigenvalue weighted by molar-refractivity contribution is 0.386. The third-order valence-corrected chi connectivity index (χ3v) is 3.04. The summed E-state index contributed by atoms with van der Waals surface area (Å²) in [4.78, 5) is 0. The van der Waals surface area contributed by atoms with Crippen LogP contribution in [0.2, 0.25) is 0 Å². The van der Waals surface area contributed by atoms with E-state index in [9.17, 15) is 9.65 Å². The first-order chi connectivity index (χ1) is 10.2. The third-order valence-electron chi connectivity index (χ3n) is 3.04. The maximum atomic E-state index is 13.7. The van der Waals surface area contributed by atoms with Gasteiger partial charge in [-0.1, -0.05) is 6.07 Å². The summed E-state index contributed by atoms with van der Waals surface area (Å²) in [5.74, 6) is 0.385. The van der Waals surface area contributed by atoms with Gasteiger partial charge in [0, 0.05) is 5.69 Å². The zero-order chi connectivity index (χ0) is 15.2. The van der Waals surface area contributed by atoms with Gasteiger partial charge in [0.2, 0.25) is 0 Å². The first-order valence-electron chi connectivity index (χ1n) is 6.31. The topological polar surface area (TPSA) is 54.3 Å². The van der Waals surface area contributed by atoms with Gasteiger partial charge in [0.1, 0.15) is 11.8 Å².